The largest absolute Gasteiger partial charge is 0.337 e. The van der Waals surface area contributed by atoms with Crippen molar-refractivity contribution in [2.45, 2.75) is 37.9 Å². The number of hydrogen-bond donors (Lipinski definition) is 1. The highest BCUT2D eigenvalue weighted by Gasteiger charge is 2.31. The number of nitrogens with zero attached hydrogens (tertiary/aromatic N) is 1. The van der Waals surface area contributed by atoms with Gasteiger partial charge in [-0.15, -0.1) is 0 Å². The molecule has 0 radical (unpaired) electrons. The molecule has 2 aliphatic rings. The molecule has 0 bridgehead atoms. The van der Waals surface area contributed by atoms with Crippen LogP contribution < -0.4 is 5.32 Å². The minimum atomic E-state index is 0.283. The molecule has 0 saturated carbocycles. The predicted octanol–water partition coefficient (Wildman–Crippen LogP) is 3.43. The first-order valence-electron chi connectivity index (χ1n) is 8.88. The minimum Gasteiger partial charge on any atom is -0.337 e. The van der Waals surface area contributed by atoms with Crippen LogP contribution in [-0.4, -0.2) is 40.9 Å². The van der Waals surface area contributed by atoms with Gasteiger partial charge in [-0.3, -0.25) is 4.79 Å². The molecule has 2 heterocycles. The highest BCUT2D eigenvalue weighted by molar-refractivity contribution is 7.99. The van der Waals surface area contributed by atoms with E-state index in [-0.39, 0.29) is 5.91 Å². The lowest BCUT2D eigenvalue weighted by Gasteiger charge is -2.26. The molecule has 4 rings (SSSR count). The van der Waals surface area contributed by atoms with Crippen molar-refractivity contribution in [2.75, 3.05) is 18.1 Å². The SMILES string of the molecule is O=C1C[C@@H](NC2CCSCC2)CN1Cc1cccc2ccccc12. The first-order valence-corrected chi connectivity index (χ1v) is 10.0. The third kappa shape index (κ3) is 3.45. The summed E-state index contributed by atoms with van der Waals surface area (Å²) in [5.74, 6) is 2.78. The van der Waals surface area contributed by atoms with Crippen LogP contribution in [0.3, 0.4) is 0 Å². The van der Waals surface area contributed by atoms with E-state index in [1.54, 1.807) is 0 Å². The Balaban J connectivity index is 1.43. The molecule has 0 spiro atoms. The fourth-order valence-electron chi connectivity index (χ4n) is 3.87. The molecular formula is C20H24N2OS. The van der Waals surface area contributed by atoms with Gasteiger partial charge in [0, 0.05) is 31.6 Å². The minimum absolute atomic E-state index is 0.283. The molecule has 1 amide bonds. The summed E-state index contributed by atoms with van der Waals surface area (Å²) in [6.45, 7) is 1.56. The highest BCUT2D eigenvalue weighted by Crippen LogP contribution is 2.24. The standard InChI is InChI=1S/C20H24N2OS/c23-20-12-18(21-17-8-10-24-11-9-17)14-22(20)13-16-6-3-5-15-4-1-2-7-19(15)16/h1-7,17-18,21H,8-14H2/t18-/m1/s1. The Kier molecular flexibility index (Phi) is 4.76. The topological polar surface area (TPSA) is 32.3 Å². The second kappa shape index (κ2) is 7.16. The second-order valence-corrected chi connectivity index (χ2v) is 8.09. The normalized spacial score (nSPS) is 22.4. The maximum atomic E-state index is 12.4. The lowest BCUT2D eigenvalue weighted by Crippen LogP contribution is -2.41. The molecule has 2 aromatic rings. The van der Waals surface area contributed by atoms with Gasteiger partial charge in [-0.2, -0.15) is 11.8 Å². The van der Waals surface area contributed by atoms with Crippen LogP contribution in [0, 0.1) is 0 Å². The summed E-state index contributed by atoms with van der Waals surface area (Å²) in [5, 5.41) is 6.23. The van der Waals surface area contributed by atoms with Gasteiger partial charge in [0.25, 0.3) is 0 Å². The van der Waals surface area contributed by atoms with Gasteiger partial charge in [0.2, 0.25) is 5.91 Å². The summed E-state index contributed by atoms with van der Waals surface area (Å²) in [5.41, 5.74) is 1.25. The molecule has 4 heteroatoms. The van der Waals surface area contributed by atoms with Crippen LogP contribution in [0.15, 0.2) is 42.5 Å². The number of benzene rings is 2. The maximum Gasteiger partial charge on any atom is 0.224 e. The Morgan fingerprint density at radius 1 is 1.04 bits per heavy atom. The van der Waals surface area contributed by atoms with Gasteiger partial charge in [-0.05, 0) is 40.7 Å². The van der Waals surface area contributed by atoms with Crippen LogP contribution in [0.1, 0.15) is 24.8 Å². The van der Waals surface area contributed by atoms with Crippen LogP contribution in [0.5, 0.6) is 0 Å². The van der Waals surface area contributed by atoms with E-state index in [1.165, 1.54) is 40.7 Å². The number of carbonyl (C=O) groups excluding carboxylic acids is 1. The third-order valence-electron chi connectivity index (χ3n) is 5.15. The van der Waals surface area contributed by atoms with E-state index in [9.17, 15) is 4.79 Å². The van der Waals surface area contributed by atoms with E-state index >= 15 is 0 Å². The summed E-state index contributed by atoms with van der Waals surface area (Å²) >= 11 is 2.04. The van der Waals surface area contributed by atoms with Crippen molar-refractivity contribution < 1.29 is 4.79 Å². The summed E-state index contributed by atoms with van der Waals surface area (Å²) in [7, 11) is 0. The van der Waals surface area contributed by atoms with Gasteiger partial charge in [-0.25, -0.2) is 0 Å². The van der Waals surface area contributed by atoms with Crippen molar-refractivity contribution in [1.82, 2.24) is 10.2 Å². The second-order valence-electron chi connectivity index (χ2n) is 6.87. The van der Waals surface area contributed by atoms with E-state index in [2.05, 4.69) is 47.8 Å². The van der Waals surface area contributed by atoms with E-state index in [0.717, 1.165) is 13.1 Å². The van der Waals surface area contributed by atoms with Crippen LogP contribution in [0.25, 0.3) is 10.8 Å². The average Bonchev–Trinajstić information content (AvgIpc) is 2.95. The smallest absolute Gasteiger partial charge is 0.224 e. The zero-order valence-corrected chi connectivity index (χ0v) is 14.7. The Morgan fingerprint density at radius 3 is 2.71 bits per heavy atom. The van der Waals surface area contributed by atoms with E-state index in [0.29, 0.717) is 18.5 Å². The van der Waals surface area contributed by atoms with Gasteiger partial charge in [-0.1, -0.05) is 42.5 Å². The molecule has 3 nitrogen and oxygen atoms in total. The van der Waals surface area contributed by atoms with E-state index < -0.39 is 0 Å². The molecule has 0 aliphatic carbocycles. The molecule has 0 aromatic heterocycles. The molecule has 24 heavy (non-hydrogen) atoms. The van der Waals surface area contributed by atoms with Crippen molar-refractivity contribution in [1.29, 1.82) is 0 Å². The van der Waals surface area contributed by atoms with E-state index in [4.69, 9.17) is 0 Å². The maximum absolute atomic E-state index is 12.4. The van der Waals surface area contributed by atoms with E-state index in [1.807, 2.05) is 16.7 Å². The summed E-state index contributed by atoms with van der Waals surface area (Å²) in [6.07, 6.45) is 3.12. The number of thioether (sulfide) groups is 1. The number of hydrogen-bond acceptors (Lipinski definition) is 3. The quantitative estimate of drug-likeness (QED) is 0.925. The Morgan fingerprint density at radius 2 is 1.83 bits per heavy atom. The van der Waals surface area contributed by atoms with Crippen LogP contribution in [0.2, 0.25) is 0 Å². The van der Waals surface area contributed by atoms with Gasteiger partial charge in [0.1, 0.15) is 0 Å². The first-order chi connectivity index (χ1) is 11.8. The predicted molar refractivity (Wildman–Crippen MR) is 101 cm³/mol. The Hall–Kier alpha value is -1.52. The van der Waals surface area contributed by atoms with Crippen molar-refractivity contribution in [3.8, 4) is 0 Å². The van der Waals surface area contributed by atoms with Crippen LogP contribution in [0.4, 0.5) is 0 Å². The van der Waals surface area contributed by atoms with Crippen molar-refractivity contribution in [3.63, 3.8) is 0 Å². The molecule has 0 unspecified atom stereocenters. The number of amides is 1. The molecular weight excluding hydrogens is 316 g/mol. The molecule has 1 N–H and O–H groups in total. The summed E-state index contributed by atoms with van der Waals surface area (Å²) < 4.78 is 0. The highest BCUT2D eigenvalue weighted by atomic mass is 32.2. The number of nitrogens with one attached hydrogen (secondary N) is 1. The summed E-state index contributed by atoms with van der Waals surface area (Å²) in [6, 6.07) is 15.7. The lowest BCUT2D eigenvalue weighted by molar-refractivity contribution is -0.128. The number of rotatable bonds is 4. The van der Waals surface area contributed by atoms with Gasteiger partial charge in [0.05, 0.1) is 0 Å². The van der Waals surface area contributed by atoms with Crippen LogP contribution >= 0.6 is 11.8 Å². The fraction of sp³-hybridized carbons (Fsp3) is 0.450. The van der Waals surface area contributed by atoms with Gasteiger partial charge in [0.15, 0.2) is 0 Å². The van der Waals surface area contributed by atoms with Crippen molar-refractivity contribution >= 4 is 28.4 Å². The van der Waals surface area contributed by atoms with Crippen molar-refractivity contribution in [3.05, 3.63) is 48.0 Å². The Bertz CT molecular complexity index is 721. The van der Waals surface area contributed by atoms with Gasteiger partial charge >= 0.3 is 0 Å². The first kappa shape index (κ1) is 16.0. The average molecular weight is 340 g/mol. The number of fused-ring (bicyclic) bond motifs is 1. The molecule has 1 atom stereocenters. The van der Waals surface area contributed by atoms with Crippen LogP contribution in [-0.2, 0) is 11.3 Å². The fourth-order valence-corrected chi connectivity index (χ4v) is 4.98. The third-order valence-corrected chi connectivity index (χ3v) is 6.20. The zero-order valence-electron chi connectivity index (χ0n) is 13.9. The molecule has 2 saturated heterocycles. The zero-order chi connectivity index (χ0) is 16.4. The molecule has 2 fully saturated rings. The van der Waals surface area contributed by atoms with Gasteiger partial charge < -0.3 is 10.2 Å². The monoisotopic (exact) mass is 340 g/mol. The Labute approximate surface area is 147 Å². The molecule has 126 valence electrons. The number of carbonyl (C=O) groups is 1. The lowest BCUT2D eigenvalue weighted by atomic mass is 10.0. The summed E-state index contributed by atoms with van der Waals surface area (Å²) in [4.78, 5) is 14.5. The molecule has 2 aliphatic heterocycles. The van der Waals surface area contributed by atoms with Crippen molar-refractivity contribution in [2.24, 2.45) is 0 Å². The molecule has 2 aromatic carbocycles. The number of likely N-dealkylation sites (tertiary alicyclic amines) is 1.